The lowest BCUT2D eigenvalue weighted by Gasteiger charge is -2.21. The molecule has 1 aliphatic rings. The van der Waals surface area contributed by atoms with Gasteiger partial charge in [-0.15, -0.1) is 0 Å². The van der Waals surface area contributed by atoms with E-state index < -0.39 is 5.97 Å². The number of aromatic amines is 1. The van der Waals surface area contributed by atoms with Crippen LogP contribution in [0.1, 0.15) is 44.6 Å². The van der Waals surface area contributed by atoms with Crippen molar-refractivity contribution < 1.29 is 23.8 Å². The Balaban J connectivity index is 1.81. The molecule has 27 heavy (non-hydrogen) atoms. The second kappa shape index (κ2) is 7.73. The topological polar surface area (TPSA) is 80.9 Å². The lowest BCUT2D eigenvalue weighted by atomic mass is 10.1. The van der Waals surface area contributed by atoms with Crippen LogP contribution in [0.3, 0.4) is 0 Å². The molecule has 1 aromatic heterocycles. The number of esters is 1. The van der Waals surface area contributed by atoms with Crippen LogP contribution in [0, 0.1) is 6.92 Å². The zero-order valence-corrected chi connectivity index (χ0v) is 16.0. The van der Waals surface area contributed by atoms with Crippen molar-refractivity contribution in [1.29, 1.82) is 0 Å². The fourth-order valence-electron chi connectivity index (χ4n) is 3.24. The minimum atomic E-state index is -0.436. The monoisotopic (exact) mass is 372 g/mol. The van der Waals surface area contributed by atoms with Crippen molar-refractivity contribution in [1.82, 2.24) is 9.88 Å². The van der Waals surface area contributed by atoms with Crippen LogP contribution in [-0.2, 0) is 17.7 Å². The maximum absolute atomic E-state index is 12.9. The molecule has 7 nitrogen and oxygen atoms in total. The van der Waals surface area contributed by atoms with E-state index >= 15 is 0 Å². The van der Waals surface area contributed by atoms with Crippen LogP contribution in [0.5, 0.6) is 11.5 Å². The number of hydrogen-bond donors (Lipinski definition) is 1. The average Bonchev–Trinajstić information content (AvgIpc) is 3.02. The van der Waals surface area contributed by atoms with E-state index in [1.165, 1.54) is 7.11 Å². The summed E-state index contributed by atoms with van der Waals surface area (Å²) in [6.07, 6.45) is 0.602. The zero-order chi connectivity index (χ0) is 19.6. The maximum Gasteiger partial charge on any atom is 0.339 e. The first kappa shape index (κ1) is 18.8. The molecule has 144 valence electrons. The number of benzene rings is 1. The van der Waals surface area contributed by atoms with Gasteiger partial charge < -0.3 is 24.1 Å². The van der Waals surface area contributed by atoms with Crippen LogP contribution in [0.25, 0.3) is 0 Å². The summed E-state index contributed by atoms with van der Waals surface area (Å²) in [5.74, 6) is 0.785. The number of aromatic nitrogens is 1. The van der Waals surface area contributed by atoms with Crippen LogP contribution in [0.4, 0.5) is 0 Å². The van der Waals surface area contributed by atoms with Gasteiger partial charge in [-0.3, -0.25) is 4.79 Å². The van der Waals surface area contributed by atoms with Crippen molar-refractivity contribution >= 4 is 11.9 Å². The summed E-state index contributed by atoms with van der Waals surface area (Å²) >= 11 is 0. The zero-order valence-electron chi connectivity index (χ0n) is 16.0. The lowest BCUT2D eigenvalue weighted by molar-refractivity contribution is 0.0599. The van der Waals surface area contributed by atoms with Gasteiger partial charge in [0.2, 0.25) is 0 Å². The fourth-order valence-corrected chi connectivity index (χ4v) is 3.24. The number of ether oxygens (including phenoxy) is 3. The Morgan fingerprint density at radius 1 is 1.22 bits per heavy atom. The summed E-state index contributed by atoms with van der Waals surface area (Å²) in [7, 11) is 3.06. The number of aryl methyl sites for hydroxylation is 1. The summed E-state index contributed by atoms with van der Waals surface area (Å²) in [5.41, 5.74) is 3.10. The normalized spacial score (nSPS) is 12.6. The standard InChI is InChI=1S/C20H24N2O5/c1-5-14-17(20(24)25-4)12(2)18(21-14)19(23)22(3)11-13-6-7-15-16(10-13)27-9-8-26-15/h6-7,10,21H,5,8-9,11H2,1-4H3. The van der Waals surface area contributed by atoms with Gasteiger partial charge in [-0.25, -0.2) is 4.79 Å². The van der Waals surface area contributed by atoms with Crippen LogP contribution in [-0.4, -0.2) is 49.1 Å². The molecule has 0 radical (unpaired) electrons. The smallest absolute Gasteiger partial charge is 0.339 e. The molecule has 3 rings (SSSR count). The van der Waals surface area contributed by atoms with Crippen molar-refractivity contribution in [3.8, 4) is 11.5 Å². The van der Waals surface area contributed by atoms with E-state index in [1.807, 2.05) is 25.1 Å². The number of methoxy groups -OCH3 is 1. The van der Waals surface area contributed by atoms with Crippen molar-refractivity contribution in [2.24, 2.45) is 0 Å². The minimum absolute atomic E-state index is 0.188. The predicted octanol–water partition coefficient (Wildman–Crippen LogP) is 2.72. The van der Waals surface area contributed by atoms with E-state index in [4.69, 9.17) is 14.2 Å². The summed E-state index contributed by atoms with van der Waals surface area (Å²) < 4.78 is 16.0. The molecule has 1 aliphatic heterocycles. The van der Waals surface area contributed by atoms with E-state index in [0.29, 0.717) is 54.4 Å². The van der Waals surface area contributed by atoms with Crippen molar-refractivity contribution in [2.45, 2.75) is 26.8 Å². The highest BCUT2D eigenvalue weighted by Gasteiger charge is 2.25. The number of carbonyl (C=O) groups is 2. The molecule has 1 amide bonds. The highest BCUT2D eigenvalue weighted by atomic mass is 16.6. The Labute approximate surface area is 158 Å². The Hall–Kier alpha value is -2.96. The van der Waals surface area contributed by atoms with Gasteiger partial charge in [-0.2, -0.15) is 0 Å². The summed E-state index contributed by atoms with van der Waals surface area (Å²) in [6, 6.07) is 5.65. The average molecular weight is 372 g/mol. The first-order chi connectivity index (χ1) is 13.0. The van der Waals surface area contributed by atoms with Gasteiger partial charge in [0.1, 0.15) is 18.9 Å². The van der Waals surface area contributed by atoms with Gasteiger partial charge in [0, 0.05) is 19.3 Å². The third kappa shape index (κ3) is 3.63. The second-order valence-electron chi connectivity index (χ2n) is 6.46. The van der Waals surface area contributed by atoms with Gasteiger partial charge in [-0.05, 0) is 36.6 Å². The third-order valence-corrected chi connectivity index (χ3v) is 4.66. The van der Waals surface area contributed by atoms with E-state index in [2.05, 4.69) is 4.98 Å². The van der Waals surface area contributed by atoms with E-state index in [1.54, 1.807) is 18.9 Å². The van der Waals surface area contributed by atoms with Gasteiger partial charge in [0.25, 0.3) is 5.91 Å². The minimum Gasteiger partial charge on any atom is -0.486 e. The van der Waals surface area contributed by atoms with Gasteiger partial charge in [0.05, 0.1) is 12.7 Å². The first-order valence-electron chi connectivity index (χ1n) is 8.90. The molecule has 2 heterocycles. The predicted molar refractivity (Wildman–Crippen MR) is 99.5 cm³/mol. The Morgan fingerprint density at radius 3 is 2.59 bits per heavy atom. The molecule has 0 spiro atoms. The number of carbonyl (C=O) groups excluding carboxylic acids is 2. The SMILES string of the molecule is CCc1[nH]c(C(=O)N(C)Cc2ccc3c(c2)OCCO3)c(C)c1C(=O)OC. The molecule has 1 N–H and O–H groups in total. The molecule has 0 saturated heterocycles. The molecule has 1 aromatic carbocycles. The van der Waals surface area contributed by atoms with Crippen LogP contribution in [0.15, 0.2) is 18.2 Å². The van der Waals surface area contributed by atoms with Crippen molar-refractivity contribution in [2.75, 3.05) is 27.4 Å². The molecule has 0 unspecified atom stereocenters. The fraction of sp³-hybridized carbons (Fsp3) is 0.400. The maximum atomic E-state index is 12.9. The number of rotatable bonds is 5. The van der Waals surface area contributed by atoms with Crippen molar-refractivity contribution in [3.63, 3.8) is 0 Å². The first-order valence-corrected chi connectivity index (χ1v) is 8.90. The molecular formula is C20H24N2O5. The van der Waals surface area contributed by atoms with E-state index in [-0.39, 0.29) is 5.91 Å². The summed E-state index contributed by atoms with van der Waals surface area (Å²) in [5, 5.41) is 0. The Bertz CT molecular complexity index is 871. The van der Waals surface area contributed by atoms with Gasteiger partial charge in [0.15, 0.2) is 11.5 Å². The quantitative estimate of drug-likeness (QED) is 0.816. The number of nitrogens with zero attached hydrogens (tertiary/aromatic N) is 1. The van der Waals surface area contributed by atoms with E-state index in [9.17, 15) is 9.59 Å². The second-order valence-corrected chi connectivity index (χ2v) is 6.46. The van der Waals surface area contributed by atoms with Gasteiger partial charge in [-0.1, -0.05) is 13.0 Å². The Morgan fingerprint density at radius 2 is 1.93 bits per heavy atom. The molecular weight excluding hydrogens is 348 g/mol. The summed E-state index contributed by atoms with van der Waals surface area (Å²) in [6.45, 7) is 5.14. The molecule has 0 bridgehead atoms. The number of hydrogen-bond acceptors (Lipinski definition) is 5. The molecule has 7 heteroatoms. The van der Waals surface area contributed by atoms with E-state index in [0.717, 1.165) is 11.3 Å². The third-order valence-electron chi connectivity index (χ3n) is 4.66. The number of H-pyrrole nitrogens is 1. The highest BCUT2D eigenvalue weighted by molar-refractivity contribution is 6.00. The van der Waals surface area contributed by atoms with Crippen LogP contribution < -0.4 is 9.47 Å². The number of nitrogens with one attached hydrogen (secondary N) is 1. The lowest BCUT2D eigenvalue weighted by Crippen LogP contribution is -2.27. The number of amides is 1. The van der Waals surface area contributed by atoms with Crippen LogP contribution in [0.2, 0.25) is 0 Å². The number of fused-ring (bicyclic) bond motifs is 1. The van der Waals surface area contributed by atoms with Crippen LogP contribution >= 0.6 is 0 Å². The Kier molecular flexibility index (Phi) is 5.39. The molecule has 0 aliphatic carbocycles. The van der Waals surface area contributed by atoms with Crippen molar-refractivity contribution in [3.05, 3.63) is 46.3 Å². The molecule has 0 saturated carbocycles. The molecule has 0 atom stereocenters. The molecule has 0 fully saturated rings. The highest BCUT2D eigenvalue weighted by Crippen LogP contribution is 2.31. The molecule has 2 aromatic rings. The van der Waals surface area contributed by atoms with Gasteiger partial charge >= 0.3 is 5.97 Å². The largest absolute Gasteiger partial charge is 0.486 e. The summed E-state index contributed by atoms with van der Waals surface area (Å²) in [4.78, 5) is 29.7.